The van der Waals surface area contributed by atoms with E-state index >= 15 is 0 Å². The van der Waals surface area contributed by atoms with Gasteiger partial charge in [0.25, 0.3) is 11.8 Å². The Morgan fingerprint density at radius 1 is 1.00 bits per heavy atom. The molecule has 3 heterocycles. The van der Waals surface area contributed by atoms with Gasteiger partial charge in [0.2, 0.25) is 0 Å². The summed E-state index contributed by atoms with van der Waals surface area (Å²) in [5, 5.41) is 4.88. The van der Waals surface area contributed by atoms with E-state index in [1.54, 1.807) is 31.2 Å². The van der Waals surface area contributed by atoms with Gasteiger partial charge in [-0.15, -0.1) is 0 Å². The molecule has 1 aromatic heterocycles. The number of urea groups is 1. The highest BCUT2D eigenvalue weighted by Crippen LogP contribution is 2.25. The summed E-state index contributed by atoms with van der Waals surface area (Å²) in [6.45, 7) is 10.5. The lowest BCUT2D eigenvalue weighted by Crippen LogP contribution is -2.49. The molecule has 2 aliphatic heterocycles. The molecular weight excluding hydrogens is 394 g/mol. The minimum absolute atomic E-state index is 0.0407. The van der Waals surface area contributed by atoms with Crippen molar-refractivity contribution < 1.29 is 14.4 Å². The van der Waals surface area contributed by atoms with Crippen LogP contribution in [0.4, 0.5) is 10.6 Å². The summed E-state index contributed by atoms with van der Waals surface area (Å²) < 4.78 is 0. The van der Waals surface area contributed by atoms with Crippen LogP contribution >= 0.6 is 0 Å². The van der Waals surface area contributed by atoms with Gasteiger partial charge in [-0.3, -0.25) is 14.9 Å². The van der Waals surface area contributed by atoms with Crippen LogP contribution in [-0.4, -0.2) is 53.9 Å². The molecule has 4 rings (SSSR count). The van der Waals surface area contributed by atoms with Gasteiger partial charge in [0.05, 0.1) is 0 Å². The highest BCUT2D eigenvalue weighted by molar-refractivity contribution is 6.07. The third-order valence-corrected chi connectivity index (χ3v) is 6.25. The Bertz CT molecular complexity index is 1060. The third kappa shape index (κ3) is 3.73. The van der Waals surface area contributed by atoms with E-state index in [9.17, 15) is 14.4 Å². The number of nitrogens with one attached hydrogen (secondary N) is 2. The van der Waals surface area contributed by atoms with E-state index in [4.69, 9.17) is 4.98 Å². The second kappa shape index (κ2) is 7.68. The second-order valence-electron chi connectivity index (χ2n) is 8.42. The zero-order valence-electron chi connectivity index (χ0n) is 18.3. The van der Waals surface area contributed by atoms with Crippen molar-refractivity contribution in [2.45, 2.75) is 33.2 Å². The molecule has 162 valence electrons. The molecule has 1 unspecified atom stereocenters. The Kier molecular flexibility index (Phi) is 5.16. The summed E-state index contributed by atoms with van der Waals surface area (Å²) in [6, 6.07) is 8.50. The van der Waals surface area contributed by atoms with E-state index in [1.807, 2.05) is 11.8 Å². The van der Waals surface area contributed by atoms with Crippen molar-refractivity contribution in [2.75, 3.05) is 31.1 Å². The molecule has 8 nitrogen and oxygen atoms in total. The zero-order valence-corrected chi connectivity index (χ0v) is 18.3. The molecule has 2 saturated heterocycles. The van der Waals surface area contributed by atoms with Gasteiger partial charge in [-0.1, -0.05) is 18.2 Å². The second-order valence-corrected chi connectivity index (χ2v) is 8.42. The summed E-state index contributed by atoms with van der Waals surface area (Å²) in [4.78, 5) is 45.4. The minimum atomic E-state index is -1.12. The molecule has 0 saturated carbocycles. The summed E-state index contributed by atoms with van der Waals surface area (Å²) in [7, 11) is 0. The molecule has 2 N–H and O–H groups in total. The molecule has 0 aliphatic carbocycles. The van der Waals surface area contributed by atoms with E-state index in [0.29, 0.717) is 24.2 Å². The lowest BCUT2D eigenvalue weighted by atomic mass is 9.91. The molecule has 0 radical (unpaired) electrons. The highest BCUT2D eigenvalue weighted by atomic mass is 16.2. The predicted octanol–water partition coefficient (Wildman–Crippen LogP) is 2.02. The average Bonchev–Trinajstić information content (AvgIpc) is 3.02. The van der Waals surface area contributed by atoms with Crippen LogP contribution in [0.5, 0.6) is 0 Å². The Morgan fingerprint density at radius 3 is 2.23 bits per heavy atom. The number of imide groups is 1. The molecule has 2 aliphatic rings. The maximum atomic E-state index is 13.0. The molecular formula is C23H27N5O3. The Balaban J connectivity index is 1.43. The van der Waals surface area contributed by atoms with Gasteiger partial charge < -0.3 is 15.1 Å². The van der Waals surface area contributed by atoms with Crippen LogP contribution in [0.2, 0.25) is 0 Å². The van der Waals surface area contributed by atoms with Crippen LogP contribution in [0.3, 0.4) is 0 Å². The number of piperazine rings is 1. The molecule has 0 bridgehead atoms. The minimum Gasteiger partial charge on any atom is -0.353 e. The van der Waals surface area contributed by atoms with E-state index in [-0.39, 0.29) is 5.91 Å². The molecule has 2 aromatic rings. The summed E-state index contributed by atoms with van der Waals surface area (Å²) >= 11 is 0. The summed E-state index contributed by atoms with van der Waals surface area (Å²) in [5.74, 6) is 0.550. The van der Waals surface area contributed by atoms with Crippen molar-refractivity contribution >= 4 is 23.7 Å². The predicted molar refractivity (Wildman–Crippen MR) is 117 cm³/mol. The first-order chi connectivity index (χ1) is 14.7. The lowest BCUT2D eigenvalue weighted by Gasteiger charge is -2.36. The molecule has 1 atom stereocenters. The number of aromatic nitrogens is 1. The Hall–Kier alpha value is -3.42. The van der Waals surface area contributed by atoms with Crippen molar-refractivity contribution in [1.29, 1.82) is 0 Å². The fourth-order valence-electron chi connectivity index (χ4n) is 4.15. The first-order valence-corrected chi connectivity index (χ1v) is 10.4. The molecule has 0 spiro atoms. The van der Waals surface area contributed by atoms with Crippen molar-refractivity contribution in [3.05, 3.63) is 58.3 Å². The van der Waals surface area contributed by atoms with Crippen molar-refractivity contribution in [3.63, 3.8) is 0 Å². The SMILES string of the molecule is Cc1cc(C)c(N2CCN(C(=O)c3ccc(C4(C)NC(=O)NC4=O)cc3)CC2)nc1C. The highest BCUT2D eigenvalue weighted by Gasteiger charge is 2.43. The average molecular weight is 422 g/mol. The van der Waals surface area contributed by atoms with Gasteiger partial charge in [-0.05, 0) is 56.5 Å². The number of carbonyl (C=O) groups is 3. The van der Waals surface area contributed by atoms with Gasteiger partial charge >= 0.3 is 6.03 Å². The topological polar surface area (TPSA) is 94.6 Å². The smallest absolute Gasteiger partial charge is 0.322 e. The number of amides is 4. The number of hydrogen-bond acceptors (Lipinski definition) is 5. The fraction of sp³-hybridized carbons (Fsp3) is 0.391. The van der Waals surface area contributed by atoms with Crippen LogP contribution in [0.25, 0.3) is 0 Å². The van der Waals surface area contributed by atoms with E-state index in [0.717, 1.165) is 30.2 Å². The normalized spacial score (nSPS) is 21.2. The number of carbonyl (C=O) groups excluding carboxylic acids is 3. The van der Waals surface area contributed by atoms with Gasteiger partial charge in [-0.2, -0.15) is 0 Å². The van der Waals surface area contributed by atoms with Crippen LogP contribution in [0.15, 0.2) is 30.3 Å². The van der Waals surface area contributed by atoms with Crippen molar-refractivity contribution in [2.24, 2.45) is 0 Å². The van der Waals surface area contributed by atoms with Gasteiger partial charge in [0, 0.05) is 37.4 Å². The number of pyridine rings is 1. The maximum absolute atomic E-state index is 13.0. The van der Waals surface area contributed by atoms with Crippen LogP contribution in [0, 0.1) is 20.8 Å². The summed E-state index contributed by atoms with van der Waals surface area (Å²) in [5.41, 5.74) is 3.43. The number of benzene rings is 1. The van der Waals surface area contributed by atoms with E-state index < -0.39 is 17.5 Å². The Labute approximate surface area is 181 Å². The molecule has 2 fully saturated rings. The molecule has 1 aromatic carbocycles. The Morgan fingerprint density at radius 2 is 1.65 bits per heavy atom. The number of nitrogens with zero attached hydrogens (tertiary/aromatic N) is 3. The molecule has 31 heavy (non-hydrogen) atoms. The molecule has 4 amide bonds. The van der Waals surface area contributed by atoms with Crippen LogP contribution in [-0.2, 0) is 10.3 Å². The van der Waals surface area contributed by atoms with Crippen molar-refractivity contribution in [1.82, 2.24) is 20.5 Å². The van der Waals surface area contributed by atoms with E-state index in [2.05, 4.69) is 35.4 Å². The number of hydrogen-bond donors (Lipinski definition) is 2. The standard InChI is InChI=1S/C23H27N5O3/c1-14-13-15(2)19(24-16(14)3)27-9-11-28(12-10-27)20(29)17-5-7-18(8-6-17)23(4)21(30)25-22(31)26-23/h5-8,13H,9-12H2,1-4H3,(H2,25,26,30,31). The fourth-order valence-corrected chi connectivity index (χ4v) is 4.15. The van der Waals surface area contributed by atoms with Gasteiger partial charge in [-0.25, -0.2) is 9.78 Å². The largest absolute Gasteiger partial charge is 0.353 e. The molecule has 8 heteroatoms. The monoisotopic (exact) mass is 421 g/mol. The maximum Gasteiger partial charge on any atom is 0.322 e. The van der Waals surface area contributed by atoms with Gasteiger partial charge in [0.15, 0.2) is 0 Å². The number of anilines is 1. The first-order valence-electron chi connectivity index (χ1n) is 10.4. The lowest BCUT2D eigenvalue weighted by molar-refractivity contribution is -0.123. The van der Waals surface area contributed by atoms with E-state index in [1.165, 1.54) is 5.56 Å². The van der Waals surface area contributed by atoms with Gasteiger partial charge in [0.1, 0.15) is 11.4 Å². The quantitative estimate of drug-likeness (QED) is 0.740. The van der Waals surface area contributed by atoms with Crippen LogP contribution < -0.4 is 15.5 Å². The van der Waals surface area contributed by atoms with Crippen LogP contribution in [0.1, 0.15) is 39.7 Å². The number of aryl methyl sites for hydroxylation is 3. The number of rotatable bonds is 3. The summed E-state index contributed by atoms with van der Waals surface area (Å²) in [6.07, 6.45) is 0. The first kappa shape index (κ1) is 20.8. The van der Waals surface area contributed by atoms with Crippen molar-refractivity contribution in [3.8, 4) is 0 Å². The third-order valence-electron chi connectivity index (χ3n) is 6.25. The zero-order chi connectivity index (χ0) is 22.3.